The maximum absolute atomic E-state index is 12.8. The first kappa shape index (κ1) is 14.3. The molecule has 3 aliphatic rings. The van der Waals surface area contributed by atoms with E-state index in [-0.39, 0.29) is 23.5 Å². The van der Waals surface area contributed by atoms with Crippen molar-refractivity contribution in [2.45, 2.75) is 50.4 Å². The monoisotopic (exact) mass is 304 g/mol. The first-order valence-electron chi connectivity index (χ1n) is 8.33. The number of aromatic nitrogens is 1. The van der Waals surface area contributed by atoms with E-state index in [0.717, 1.165) is 25.0 Å². The summed E-state index contributed by atoms with van der Waals surface area (Å²) in [5, 5.41) is 10.2. The normalized spacial score (nSPS) is 30.4. The van der Waals surface area contributed by atoms with Crippen LogP contribution >= 0.6 is 0 Å². The second-order valence-corrected chi connectivity index (χ2v) is 7.03. The lowest BCUT2D eigenvalue weighted by atomic mass is 9.58. The molecule has 2 atom stereocenters. The third kappa shape index (κ3) is 2.02. The molecule has 3 fully saturated rings. The zero-order valence-electron chi connectivity index (χ0n) is 13.1. The first-order valence-corrected chi connectivity index (χ1v) is 8.33. The number of amides is 1. The molecule has 5 nitrogen and oxygen atoms in total. The Morgan fingerprint density at radius 3 is 2.68 bits per heavy atom. The second kappa shape index (κ2) is 5.10. The van der Waals surface area contributed by atoms with Crippen LogP contribution in [0.5, 0.6) is 0 Å². The van der Waals surface area contributed by atoms with Crippen molar-refractivity contribution in [3.05, 3.63) is 24.0 Å². The Morgan fingerprint density at radius 1 is 1.36 bits per heavy atom. The minimum atomic E-state index is -0.273. The number of rotatable bonds is 3. The molecule has 0 unspecified atom stereocenters. The molecule has 2 aliphatic carbocycles. The Bertz CT molecular complexity index is 570. The average molecular weight is 304 g/mol. The molecule has 1 amide bonds. The number of ether oxygens (including phenoxy) is 1. The van der Waals surface area contributed by atoms with Gasteiger partial charge in [0.1, 0.15) is 5.69 Å². The predicted molar refractivity (Wildman–Crippen MR) is 81.7 cm³/mol. The van der Waals surface area contributed by atoms with Crippen molar-refractivity contribution in [1.29, 1.82) is 0 Å². The molecule has 1 aromatic heterocycles. The Hall–Kier alpha value is -1.33. The van der Waals surface area contributed by atoms with Gasteiger partial charge in [-0.3, -0.25) is 4.79 Å². The van der Waals surface area contributed by atoms with Crippen molar-refractivity contribution in [2.24, 2.45) is 5.41 Å². The van der Waals surface area contributed by atoms with Crippen molar-refractivity contribution in [1.82, 2.24) is 9.47 Å². The van der Waals surface area contributed by atoms with Crippen LogP contribution in [0.25, 0.3) is 0 Å². The summed E-state index contributed by atoms with van der Waals surface area (Å²) in [6, 6.07) is 4.42. The van der Waals surface area contributed by atoms with Crippen LogP contribution in [-0.2, 0) is 4.74 Å². The lowest BCUT2D eigenvalue weighted by Gasteiger charge is -2.56. The number of likely N-dealkylation sites (tertiary alicyclic amines) is 1. The van der Waals surface area contributed by atoms with Crippen LogP contribution in [0.3, 0.4) is 0 Å². The van der Waals surface area contributed by atoms with E-state index < -0.39 is 0 Å². The zero-order chi connectivity index (χ0) is 15.3. The average Bonchev–Trinajstić information content (AvgIpc) is 3.28. The number of carbonyl (C=O) groups excluding carboxylic acids is 1. The quantitative estimate of drug-likeness (QED) is 0.927. The van der Waals surface area contributed by atoms with Gasteiger partial charge in [-0.1, -0.05) is 0 Å². The lowest BCUT2D eigenvalue weighted by molar-refractivity contribution is -0.199. The molecule has 1 spiro atoms. The van der Waals surface area contributed by atoms with Crippen molar-refractivity contribution < 1.29 is 14.6 Å². The van der Waals surface area contributed by atoms with Crippen LogP contribution in [0.4, 0.5) is 0 Å². The van der Waals surface area contributed by atoms with Gasteiger partial charge in [-0.15, -0.1) is 0 Å². The summed E-state index contributed by atoms with van der Waals surface area (Å²) in [6.07, 6.45) is 6.66. The van der Waals surface area contributed by atoms with Gasteiger partial charge < -0.3 is 19.3 Å². The fourth-order valence-electron chi connectivity index (χ4n) is 4.25. The molecule has 1 saturated heterocycles. The molecule has 120 valence electrons. The van der Waals surface area contributed by atoms with Gasteiger partial charge in [-0.05, 0) is 37.8 Å². The molecule has 0 radical (unpaired) electrons. The Balaban J connectivity index is 1.45. The fourth-order valence-corrected chi connectivity index (χ4v) is 4.25. The van der Waals surface area contributed by atoms with Crippen LogP contribution in [0.2, 0.25) is 0 Å². The van der Waals surface area contributed by atoms with Crippen LogP contribution in [-0.4, -0.2) is 52.9 Å². The fraction of sp³-hybridized carbons (Fsp3) is 0.706. The number of aliphatic hydroxyl groups is 1. The third-order valence-corrected chi connectivity index (χ3v) is 5.95. The van der Waals surface area contributed by atoms with E-state index in [9.17, 15) is 9.90 Å². The molecule has 4 rings (SSSR count). The predicted octanol–water partition coefficient (Wildman–Crippen LogP) is 1.82. The second-order valence-electron chi connectivity index (χ2n) is 7.03. The van der Waals surface area contributed by atoms with Gasteiger partial charge in [0.05, 0.1) is 12.2 Å². The van der Waals surface area contributed by atoms with Crippen molar-refractivity contribution >= 4 is 5.91 Å². The number of nitrogens with zero attached hydrogens (tertiary/aromatic N) is 2. The SMILES string of the molecule is CO[C@H]1C[C@@H](O)C12CCN(C(=O)c1cccn1C1CC1)CC2. The highest BCUT2D eigenvalue weighted by atomic mass is 16.5. The largest absolute Gasteiger partial charge is 0.392 e. The van der Waals surface area contributed by atoms with E-state index in [1.54, 1.807) is 7.11 Å². The van der Waals surface area contributed by atoms with Crippen LogP contribution in [0.1, 0.15) is 48.6 Å². The molecule has 1 aliphatic heterocycles. The van der Waals surface area contributed by atoms with Crippen molar-refractivity contribution in [2.75, 3.05) is 20.2 Å². The van der Waals surface area contributed by atoms with Crippen LogP contribution < -0.4 is 0 Å². The topological polar surface area (TPSA) is 54.7 Å². The van der Waals surface area contributed by atoms with Gasteiger partial charge in [0.25, 0.3) is 5.91 Å². The molecule has 5 heteroatoms. The summed E-state index contributed by atoms with van der Waals surface area (Å²) in [5.74, 6) is 0.134. The molecule has 1 aromatic rings. The number of hydrogen-bond acceptors (Lipinski definition) is 3. The molecular weight excluding hydrogens is 280 g/mol. The van der Waals surface area contributed by atoms with Gasteiger partial charge in [0, 0.05) is 44.3 Å². The molecule has 2 heterocycles. The Morgan fingerprint density at radius 2 is 2.09 bits per heavy atom. The Kier molecular flexibility index (Phi) is 3.31. The maximum atomic E-state index is 12.8. The smallest absolute Gasteiger partial charge is 0.270 e. The summed E-state index contributed by atoms with van der Waals surface area (Å²) < 4.78 is 7.64. The molecule has 0 bridgehead atoms. The van der Waals surface area contributed by atoms with Gasteiger partial charge in [-0.2, -0.15) is 0 Å². The number of aliphatic hydroxyl groups excluding tert-OH is 1. The number of hydrogen-bond donors (Lipinski definition) is 1. The summed E-state index contributed by atoms with van der Waals surface area (Å²) in [4.78, 5) is 14.7. The van der Waals surface area contributed by atoms with Crippen molar-refractivity contribution in [3.63, 3.8) is 0 Å². The Labute approximate surface area is 130 Å². The summed E-state index contributed by atoms with van der Waals surface area (Å²) in [6.45, 7) is 1.43. The zero-order valence-corrected chi connectivity index (χ0v) is 13.1. The number of piperidine rings is 1. The van der Waals surface area contributed by atoms with Gasteiger partial charge in [-0.25, -0.2) is 0 Å². The molecule has 1 N–H and O–H groups in total. The first-order chi connectivity index (χ1) is 10.7. The third-order valence-electron chi connectivity index (χ3n) is 5.95. The van der Waals surface area contributed by atoms with E-state index in [4.69, 9.17) is 4.74 Å². The highest BCUT2D eigenvalue weighted by Crippen LogP contribution is 2.50. The van der Waals surface area contributed by atoms with Gasteiger partial charge in [0.15, 0.2) is 0 Å². The standard InChI is InChI=1S/C17H24N2O3/c1-22-15-11-14(20)17(15)6-9-18(10-7-17)16(21)13-3-2-8-19(13)12-4-5-12/h2-3,8,12,14-15,20H,4-7,9-11H2,1H3/t14-,15+/m1/s1. The van der Waals surface area contributed by atoms with Gasteiger partial charge in [0.2, 0.25) is 0 Å². The van der Waals surface area contributed by atoms with Gasteiger partial charge >= 0.3 is 0 Å². The molecule has 22 heavy (non-hydrogen) atoms. The van der Waals surface area contributed by atoms with Crippen LogP contribution in [0, 0.1) is 5.41 Å². The highest BCUT2D eigenvalue weighted by Gasteiger charge is 2.56. The van der Waals surface area contributed by atoms with Crippen LogP contribution in [0.15, 0.2) is 18.3 Å². The minimum absolute atomic E-state index is 0.121. The van der Waals surface area contributed by atoms with E-state index in [1.165, 1.54) is 12.8 Å². The number of carbonyl (C=O) groups is 1. The summed E-state index contributed by atoms with van der Waals surface area (Å²) in [7, 11) is 1.72. The summed E-state index contributed by atoms with van der Waals surface area (Å²) in [5.41, 5.74) is 0.695. The number of methoxy groups -OCH3 is 1. The highest BCUT2D eigenvalue weighted by molar-refractivity contribution is 5.93. The minimum Gasteiger partial charge on any atom is -0.392 e. The van der Waals surface area contributed by atoms with E-state index >= 15 is 0 Å². The van der Waals surface area contributed by atoms with E-state index in [1.807, 2.05) is 23.2 Å². The summed E-state index contributed by atoms with van der Waals surface area (Å²) >= 11 is 0. The maximum Gasteiger partial charge on any atom is 0.270 e. The molecular formula is C17H24N2O3. The molecule has 0 aromatic carbocycles. The lowest BCUT2D eigenvalue weighted by Crippen LogP contribution is -2.62. The van der Waals surface area contributed by atoms with Crippen molar-refractivity contribution in [3.8, 4) is 0 Å². The van der Waals surface area contributed by atoms with E-state index in [0.29, 0.717) is 19.1 Å². The van der Waals surface area contributed by atoms with E-state index in [2.05, 4.69) is 4.57 Å². The molecule has 2 saturated carbocycles.